The van der Waals surface area contributed by atoms with E-state index in [-0.39, 0.29) is 11.7 Å². The molecule has 1 saturated heterocycles. The van der Waals surface area contributed by atoms with Crippen molar-refractivity contribution in [3.05, 3.63) is 51.7 Å². The number of hydrogen-bond acceptors (Lipinski definition) is 5. The van der Waals surface area contributed by atoms with Gasteiger partial charge in [-0.15, -0.1) is 11.3 Å². The Morgan fingerprint density at radius 3 is 2.56 bits per heavy atom. The summed E-state index contributed by atoms with van der Waals surface area (Å²) in [6, 6.07) is 9.05. The summed E-state index contributed by atoms with van der Waals surface area (Å²) in [4.78, 5) is 30.3. The number of ketones is 1. The van der Waals surface area contributed by atoms with E-state index in [0.29, 0.717) is 23.4 Å². The van der Waals surface area contributed by atoms with Crippen LogP contribution in [0.1, 0.15) is 25.6 Å². The molecule has 5 nitrogen and oxygen atoms in total. The molecule has 0 bridgehead atoms. The van der Waals surface area contributed by atoms with Crippen LogP contribution in [0.15, 0.2) is 35.7 Å². The zero-order valence-electron chi connectivity index (χ0n) is 14.6. The number of nitrogens with zero attached hydrogens (tertiary/aromatic N) is 2. The van der Waals surface area contributed by atoms with Gasteiger partial charge in [0.1, 0.15) is 0 Å². The number of nitrogens with one attached hydrogen (secondary N) is 1. The quantitative estimate of drug-likeness (QED) is 0.836. The van der Waals surface area contributed by atoms with E-state index in [1.165, 1.54) is 0 Å². The molecule has 1 aliphatic rings. The maximum atomic E-state index is 12.5. The fraction of sp³-hybridized carbons (Fsp3) is 0.368. The van der Waals surface area contributed by atoms with Crippen molar-refractivity contribution < 1.29 is 9.59 Å². The minimum atomic E-state index is -0.145. The number of hydrogen-bond donors (Lipinski definition) is 1. The maximum Gasteiger partial charge on any atom is 0.256 e. The van der Waals surface area contributed by atoms with Crippen LogP contribution in [0.3, 0.4) is 0 Å². The van der Waals surface area contributed by atoms with E-state index in [0.717, 1.165) is 31.1 Å². The molecular weight excluding hydrogens is 334 g/mol. The Kier molecular flexibility index (Phi) is 5.63. The lowest BCUT2D eigenvalue weighted by Gasteiger charge is -2.31. The zero-order chi connectivity index (χ0) is 17.8. The van der Waals surface area contributed by atoms with Crippen LogP contribution in [0, 0.1) is 6.92 Å². The van der Waals surface area contributed by atoms with Crippen molar-refractivity contribution in [2.24, 2.45) is 0 Å². The molecular formula is C19H23N3O2S. The van der Waals surface area contributed by atoms with Gasteiger partial charge < -0.3 is 10.2 Å². The number of carbonyl (C=O) groups excluding carboxylic acids is 2. The third-order valence-electron chi connectivity index (χ3n) is 4.40. The summed E-state index contributed by atoms with van der Waals surface area (Å²) >= 11 is 1.55. The Hall–Kier alpha value is -2.02. The summed E-state index contributed by atoms with van der Waals surface area (Å²) in [5, 5.41) is 4.71. The van der Waals surface area contributed by atoms with Crippen molar-refractivity contribution in [2.45, 2.75) is 6.92 Å². The second-order valence-corrected chi connectivity index (χ2v) is 7.60. The SMILES string of the molecule is Cc1cc(C(=O)Nc2cccc(C(=O)CN3CCN(C)CC3)c2)cs1. The largest absolute Gasteiger partial charge is 0.322 e. The van der Waals surface area contributed by atoms with Crippen LogP contribution in [0.5, 0.6) is 0 Å². The van der Waals surface area contributed by atoms with Crippen molar-refractivity contribution in [3.8, 4) is 0 Å². The number of amides is 1. The molecule has 1 aliphatic heterocycles. The Balaban J connectivity index is 1.62. The monoisotopic (exact) mass is 357 g/mol. The maximum absolute atomic E-state index is 12.5. The number of rotatable bonds is 5. The van der Waals surface area contributed by atoms with Crippen molar-refractivity contribution in [3.63, 3.8) is 0 Å². The predicted molar refractivity (Wildman–Crippen MR) is 102 cm³/mol. The van der Waals surface area contributed by atoms with Crippen molar-refractivity contribution in [1.82, 2.24) is 9.80 Å². The fourth-order valence-electron chi connectivity index (χ4n) is 2.84. The van der Waals surface area contributed by atoms with Gasteiger partial charge in [0, 0.05) is 47.7 Å². The summed E-state index contributed by atoms with van der Waals surface area (Å²) < 4.78 is 0. The van der Waals surface area contributed by atoms with Crippen LogP contribution < -0.4 is 5.32 Å². The third kappa shape index (κ3) is 4.75. The van der Waals surface area contributed by atoms with E-state index in [1.807, 2.05) is 36.6 Å². The topological polar surface area (TPSA) is 52.7 Å². The van der Waals surface area contributed by atoms with Gasteiger partial charge in [-0.1, -0.05) is 12.1 Å². The standard InChI is InChI=1S/C19H23N3O2S/c1-14-10-16(13-25-14)19(24)20-17-5-3-4-15(11-17)18(23)12-22-8-6-21(2)7-9-22/h3-5,10-11,13H,6-9,12H2,1-2H3,(H,20,24). The second kappa shape index (κ2) is 7.91. The van der Waals surface area contributed by atoms with E-state index in [9.17, 15) is 9.59 Å². The lowest BCUT2D eigenvalue weighted by molar-refractivity contribution is 0.0876. The average molecular weight is 357 g/mol. The van der Waals surface area contributed by atoms with Crippen molar-refractivity contribution in [2.75, 3.05) is 45.1 Å². The molecule has 0 spiro atoms. The molecule has 1 N–H and O–H groups in total. The molecule has 0 aliphatic carbocycles. The predicted octanol–water partition coefficient (Wildman–Crippen LogP) is 2.74. The number of anilines is 1. The van der Waals surface area contributed by atoms with Gasteiger partial charge in [0.2, 0.25) is 0 Å². The summed E-state index contributed by atoms with van der Waals surface area (Å²) in [6.45, 7) is 6.20. The van der Waals surface area contributed by atoms with Gasteiger partial charge in [-0.3, -0.25) is 14.5 Å². The molecule has 2 heterocycles. The van der Waals surface area contributed by atoms with Crippen LogP contribution in [0.2, 0.25) is 0 Å². The lowest BCUT2D eigenvalue weighted by atomic mass is 10.1. The number of likely N-dealkylation sites (N-methyl/N-ethyl adjacent to an activating group) is 1. The third-order valence-corrected chi connectivity index (χ3v) is 5.26. The minimum Gasteiger partial charge on any atom is -0.322 e. The van der Waals surface area contributed by atoms with Crippen LogP contribution >= 0.6 is 11.3 Å². The highest BCUT2D eigenvalue weighted by Gasteiger charge is 2.18. The van der Waals surface area contributed by atoms with Gasteiger partial charge in [0.25, 0.3) is 5.91 Å². The summed E-state index contributed by atoms with van der Waals surface area (Å²) in [5.74, 6) is -0.0555. The Morgan fingerprint density at radius 1 is 1.12 bits per heavy atom. The molecule has 25 heavy (non-hydrogen) atoms. The molecule has 0 saturated carbocycles. The van der Waals surface area contributed by atoms with Gasteiger partial charge >= 0.3 is 0 Å². The highest BCUT2D eigenvalue weighted by Crippen LogP contribution is 2.17. The summed E-state index contributed by atoms with van der Waals surface area (Å²) in [6.07, 6.45) is 0. The molecule has 3 rings (SSSR count). The number of benzene rings is 1. The number of aryl methyl sites for hydroxylation is 1. The second-order valence-electron chi connectivity index (χ2n) is 6.48. The molecule has 132 valence electrons. The smallest absolute Gasteiger partial charge is 0.256 e. The number of thiophene rings is 1. The molecule has 6 heteroatoms. The fourth-order valence-corrected chi connectivity index (χ4v) is 3.52. The number of piperazine rings is 1. The molecule has 2 aromatic rings. The van der Waals surface area contributed by atoms with E-state index >= 15 is 0 Å². The summed E-state index contributed by atoms with van der Waals surface area (Å²) in [7, 11) is 2.10. The van der Waals surface area contributed by atoms with Gasteiger partial charge in [-0.05, 0) is 32.2 Å². The van der Waals surface area contributed by atoms with Crippen LogP contribution in [-0.2, 0) is 0 Å². The highest BCUT2D eigenvalue weighted by atomic mass is 32.1. The van der Waals surface area contributed by atoms with Crippen LogP contribution in [0.25, 0.3) is 0 Å². The number of carbonyl (C=O) groups is 2. The molecule has 1 aromatic heterocycles. The normalized spacial score (nSPS) is 15.9. The first-order chi connectivity index (χ1) is 12.0. The average Bonchev–Trinajstić information content (AvgIpc) is 3.04. The molecule has 0 atom stereocenters. The Labute approximate surface area is 152 Å². The highest BCUT2D eigenvalue weighted by molar-refractivity contribution is 7.10. The van der Waals surface area contributed by atoms with Crippen molar-refractivity contribution in [1.29, 1.82) is 0 Å². The van der Waals surface area contributed by atoms with Gasteiger partial charge in [0.15, 0.2) is 5.78 Å². The summed E-state index contributed by atoms with van der Waals surface area (Å²) in [5.41, 5.74) is 1.94. The molecule has 1 aromatic carbocycles. The van der Waals surface area contributed by atoms with Gasteiger partial charge in [-0.2, -0.15) is 0 Å². The minimum absolute atomic E-state index is 0.0898. The van der Waals surface area contributed by atoms with E-state index < -0.39 is 0 Å². The molecule has 1 amide bonds. The Morgan fingerprint density at radius 2 is 1.88 bits per heavy atom. The zero-order valence-corrected chi connectivity index (χ0v) is 15.4. The molecule has 1 fully saturated rings. The molecule has 0 unspecified atom stereocenters. The van der Waals surface area contributed by atoms with E-state index in [1.54, 1.807) is 17.4 Å². The first kappa shape index (κ1) is 17.8. The lowest BCUT2D eigenvalue weighted by Crippen LogP contribution is -2.46. The van der Waals surface area contributed by atoms with Crippen LogP contribution in [-0.4, -0.2) is 61.3 Å². The first-order valence-corrected chi connectivity index (χ1v) is 9.30. The Bertz CT molecular complexity index is 764. The first-order valence-electron chi connectivity index (χ1n) is 8.42. The van der Waals surface area contributed by atoms with E-state index in [2.05, 4.69) is 22.2 Å². The van der Waals surface area contributed by atoms with Gasteiger partial charge in [0.05, 0.1) is 12.1 Å². The van der Waals surface area contributed by atoms with E-state index in [4.69, 9.17) is 0 Å². The van der Waals surface area contributed by atoms with Gasteiger partial charge in [-0.25, -0.2) is 0 Å². The number of Topliss-reactive ketones (excluding diaryl/α,β-unsaturated/α-hetero) is 1. The van der Waals surface area contributed by atoms with Crippen molar-refractivity contribution >= 4 is 28.7 Å². The molecule has 0 radical (unpaired) electrons. The van der Waals surface area contributed by atoms with Crippen LogP contribution in [0.4, 0.5) is 5.69 Å².